The van der Waals surface area contributed by atoms with Crippen molar-refractivity contribution >= 4 is 27.8 Å². The van der Waals surface area contributed by atoms with E-state index < -0.39 is 22.5 Å². The van der Waals surface area contributed by atoms with E-state index >= 15 is 0 Å². The topological polar surface area (TPSA) is 88.1 Å². The Morgan fingerprint density at radius 2 is 1.50 bits per heavy atom. The maximum absolute atomic E-state index is 13.6. The van der Waals surface area contributed by atoms with Gasteiger partial charge in [-0.25, -0.2) is 13.8 Å². The average molecular weight is 528 g/mol. The molecule has 0 aromatic heterocycles. The summed E-state index contributed by atoms with van der Waals surface area (Å²) < 4.78 is 34.2. The van der Waals surface area contributed by atoms with Crippen LogP contribution >= 0.6 is 0 Å². The molecule has 0 aliphatic carbocycles. The molecule has 1 N–H and O–H groups in total. The number of para-hydroxylation sites is 2. The maximum atomic E-state index is 13.6. The second kappa shape index (κ2) is 12.7. The third-order valence-corrected chi connectivity index (χ3v) is 7.58. The zero-order valence-electron chi connectivity index (χ0n) is 21.0. The Bertz CT molecular complexity index is 1490. The van der Waals surface area contributed by atoms with Crippen molar-refractivity contribution in [3.05, 3.63) is 126 Å². The molecule has 4 rings (SSSR count). The van der Waals surface area contributed by atoms with Gasteiger partial charge in [0.1, 0.15) is 18.9 Å². The van der Waals surface area contributed by atoms with Gasteiger partial charge >= 0.3 is 0 Å². The molecule has 4 aromatic rings. The Kier molecular flexibility index (Phi) is 8.89. The molecule has 8 heteroatoms. The van der Waals surface area contributed by atoms with Crippen molar-refractivity contribution in [2.75, 3.05) is 10.8 Å². The largest absolute Gasteiger partial charge is 0.488 e. The third kappa shape index (κ3) is 6.66. The van der Waals surface area contributed by atoms with E-state index in [4.69, 9.17) is 4.74 Å². The van der Waals surface area contributed by atoms with Crippen LogP contribution in [-0.2, 0) is 27.8 Å². The molecule has 0 spiro atoms. The number of nitrogens with one attached hydrogen (secondary N) is 1. The van der Waals surface area contributed by atoms with Crippen molar-refractivity contribution in [1.29, 1.82) is 0 Å². The van der Waals surface area contributed by atoms with Crippen molar-refractivity contribution in [2.45, 2.75) is 24.8 Å². The van der Waals surface area contributed by atoms with E-state index in [-0.39, 0.29) is 4.90 Å². The first-order valence-corrected chi connectivity index (χ1v) is 13.7. The van der Waals surface area contributed by atoms with Crippen LogP contribution in [0, 0.1) is 0 Å². The van der Waals surface area contributed by atoms with E-state index in [1.165, 1.54) is 18.3 Å². The SMILES string of the molecule is CCc1ccccc1N(CC(=O)N/N=C\c1ccccc1OCc1ccccc1)S(=O)(=O)c1ccccc1. The first kappa shape index (κ1) is 26.6. The van der Waals surface area contributed by atoms with Crippen LogP contribution < -0.4 is 14.5 Å². The van der Waals surface area contributed by atoms with Crippen molar-refractivity contribution < 1.29 is 17.9 Å². The number of amides is 1. The van der Waals surface area contributed by atoms with E-state index in [1.54, 1.807) is 30.3 Å². The van der Waals surface area contributed by atoms with Gasteiger partial charge in [-0.3, -0.25) is 9.10 Å². The van der Waals surface area contributed by atoms with Crippen LogP contribution in [0.3, 0.4) is 0 Å². The standard InChI is InChI=1S/C30H29N3O4S/c1-2-25-15-9-11-19-28(25)33(38(35,36)27-17-7-4-8-18-27)22-30(34)32-31-21-26-16-10-12-20-29(26)37-23-24-13-5-3-6-14-24/h3-21H,2,22-23H2,1H3,(H,32,34)/b31-21-. The maximum Gasteiger partial charge on any atom is 0.264 e. The molecule has 0 unspecified atom stereocenters. The van der Waals surface area contributed by atoms with Crippen LogP contribution in [0.5, 0.6) is 5.75 Å². The van der Waals surface area contributed by atoms with E-state index in [1.807, 2.05) is 73.7 Å². The number of aryl methyl sites for hydroxylation is 1. The van der Waals surface area contributed by atoms with Crippen LogP contribution in [-0.4, -0.2) is 27.1 Å². The predicted octanol–water partition coefficient (Wildman–Crippen LogP) is 5.17. The van der Waals surface area contributed by atoms with Gasteiger partial charge in [0, 0.05) is 5.56 Å². The average Bonchev–Trinajstić information content (AvgIpc) is 2.96. The summed E-state index contributed by atoms with van der Waals surface area (Å²) in [4.78, 5) is 13.0. The molecule has 4 aromatic carbocycles. The number of carbonyl (C=O) groups is 1. The molecular weight excluding hydrogens is 498 g/mol. The second-order valence-corrected chi connectivity index (χ2v) is 10.3. The molecule has 38 heavy (non-hydrogen) atoms. The summed E-state index contributed by atoms with van der Waals surface area (Å²) in [6.07, 6.45) is 2.09. The highest BCUT2D eigenvalue weighted by Gasteiger charge is 2.28. The summed E-state index contributed by atoms with van der Waals surface area (Å²) in [5.74, 6) is 0.0360. The lowest BCUT2D eigenvalue weighted by Crippen LogP contribution is -2.40. The molecule has 194 valence electrons. The van der Waals surface area contributed by atoms with Crippen LogP contribution in [0.4, 0.5) is 5.69 Å². The quantitative estimate of drug-likeness (QED) is 0.215. The van der Waals surface area contributed by atoms with E-state index in [0.29, 0.717) is 30.0 Å². The molecule has 0 atom stereocenters. The molecule has 0 saturated carbocycles. The first-order chi connectivity index (χ1) is 18.5. The van der Waals surface area contributed by atoms with E-state index in [9.17, 15) is 13.2 Å². The molecule has 0 radical (unpaired) electrons. The summed E-state index contributed by atoms with van der Waals surface area (Å²) in [6.45, 7) is 1.90. The van der Waals surface area contributed by atoms with Gasteiger partial charge < -0.3 is 4.74 Å². The minimum atomic E-state index is -4.00. The summed E-state index contributed by atoms with van der Waals surface area (Å²) in [5, 5.41) is 4.08. The highest BCUT2D eigenvalue weighted by atomic mass is 32.2. The third-order valence-electron chi connectivity index (χ3n) is 5.81. The molecular formula is C30H29N3O4S. The number of hydrazone groups is 1. The van der Waals surface area contributed by atoms with Gasteiger partial charge in [0.15, 0.2) is 0 Å². The number of carbonyl (C=O) groups excluding carboxylic acids is 1. The second-order valence-electron chi connectivity index (χ2n) is 8.41. The summed E-state index contributed by atoms with van der Waals surface area (Å²) in [5.41, 5.74) is 5.43. The van der Waals surface area contributed by atoms with Crippen molar-refractivity contribution in [1.82, 2.24) is 5.43 Å². The summed E-state index contributed by atoms with van der Waals surface area (Å²) in [6, 6.07) is 32.4. The Hall–Kier alpha value is -4.43. The summed E-state index contributed by atoms with van der Waals surface area (Å²) in [7, 11) is -4.00. The predicted molar refractivity (Wildman–Crippen MR) is 150 cm³/mol. The molecule has 0 aliphatic rings. The Balaban J connectivity index is 1.50. The molecule has 0 bridgehead atoms. The smallest absolute Gasteiger partial charge is 0.264 e. The van der Waals surface area contributed by atoms with Gasteiger partial charge in [0.05, 0.1) is 16.8 Å². The fourth-order valence-corrected chi connectivity index (χ4v) is 5.35. The number of hydrogen-bond donors (Lipinski definition) is 1. The van der Waals surface area contributed by atoms with Gasteiger partial charge in [-0.05, 0) is 47.9 Å². The molecule has 0 saturated heterocycles. The highest BCUT2D eigenvalue weighted by molar-refractivity contribution is 7.92. The molecule has 7 nitrogen and oxygen atoms in total. The molecule has 1 amide bonds. The fraction of sp³-hybridized carbons (Fsp3) is 0.133. The number of sulfonamides is 1. The highest BCUT2D eigenvalue weighted by Crippen LogP contribution is 2.27. The minimum absolute atomic E-state index is 0.103. The zero-order valence-corrected chi connectivity index (χ0v) is 21.8. The van der Waals surface area contributed by atoms with Crippen molar-refractivity contribution in [2.24, 2.45) is 5.10 Å². The number of benzene rings is 4. The monoisotopic (exact) mass is 527 g/mol. The summed E-state index contributed by atoms with van der Waals surface area (Å²) >= 11 is 0. The van der Waals surface area contributed by atoms with E-state index in [2.05, 4.69) is 10.5 Å². The number of hydrogen-bond acceptors (Lipinski definition) is 5. The first-order valence-electron chi connectivity index (χ1n) is 12.2. The lowest BCUT2D eigenvalue weighted by molar-refractivity contribution is -0.119. The van der Waals surface area contributed by atoms with Gasteiger partial charge in [-0.1, -0.05) is 85.8 Å². The zero-order chi connectivity index (χ0) is 26.8. The number of rotatable bonds is 11. The van der Waals surface area contributed by atoms with Crippen molar-refractivity contribution in [3.63, 3.8) is 0 Å². The van der Waals surface area contributed by atoms with Crippen LogP contribution in [0.2, 0.25) is 0 Å². The number of ether oxygens (including phenoxy) is 1. The van der Waals surface area contributed by atoms with Gasteiger partial charge in [0.2, 0.25) is 0 Å². The Labute approximate surface area is 223 Å². The fourth-order valence-electron chi connectivity index (χ4n) is 3.87. The molecule has 0 heterocycles. The lowest BCUT2D eigenvalue weighted by atomic mass is 10.1. The number of nitrogens with zero attached hydrogens (tertiary/aromatic N) is 2. The van der Waals surface area contributed by atoms with Crippen LogP contribution in [0.1, 0.15) is 23.6 Å². The minimum Gasteiger partial charge on any atom is -0.488 e. The van der Waals surface area contributed by atoms with E-state index in [0.717, 1.165) is 15.4 Å². The normalized spacial score (nSPS) is 11.3. The number of anilines is 1. The molecule has 0 fully saturated rings. The molecule has 0 aliphatic heterocycles. The van der Waals surface area contributed by atoms with Crippen LogP contribution in [0.15, 0.2) is 119 Å². The lowest BCUT2D eigenvalue weighted by Gasteiger charge is -2.25. The Morgan fingerprint density at radius 3 is 2.24 bits per heavy atom. The Morgan fingerprint density at radius 1 is 0.868 bits per heavy atom. The van der Waals surface area contributed by atoms with Gasteiger partial charge in [-0.15, -0.1) is 0 Å². The van der Waals surface area contributed by atoms with Gasteiger partial charge in [-0.2, -0.15) is 5.10 Å². The van der Waals surface area contributed by atoms with Crippen LogP contribution in [0.25, 0.3) is 0 Å². The van der Waals surface area contributed by atoms with Gasteiger partial charge in [0.25, 0.3) is 15.9 Å². The van der Waals surface area contributed by atoms with Crippen molar-refractivity contribution in [3.8, 4) is 5.75 Å².